The van der Waals surface area contributed by atoms with Crippen molar-refractivity contribution < 1.29 is 66.6 Å². The molecule has 4 rings (SSSR count). The number of nitrogens with two attached hydrogens (primary N) is 1. The van der Waals surface area contributed by atoms with Crippen LogP contribution in [-0.4, -0.2) is 168 Å². The van der Waals surface area contributed by atoms with Crippen LogP contribution in [0.3, 0.4) is 0 Å². The highest BCUT2D eigenvalue weighted by Gasteiger charge is 2.59. The third kappa shape index (κ3) is 23.4. The molecular formula is C54H97N5O14. The van der Waals surface area contributed by atoms with E-state index in [9.17, 15) is 19.2 Å². The summed E-state index contributed by atoms with van der Waals surface area (Å²) in [5.41, 5.74) is 2.21. The molecule has 3 fully saturated rings. The fraction of sp³-hybridized carbons (Fsp3) is 0.889. The van der Waals surface area contributed by atoms with Crippen molar-refractivity contribution >= 4 is 23.8 Å². The molecule has 0 unspecified atom stereocenters. The first-order valence-corrected chi connectivity index (χ1v) is 27.7. The average molecular weight is 1040 g/mol. The SMILES string of the molecule is CC(C)CCC[C@@H](C)[C@H]1CC[C@H]2[C@@H]3CC=C4C[C@@H](OC(=O)NCCNC(=O)CCOCCOCCOCCOCCNC(=O)CCOCCOCCOCCOCCNC(=O)CON)CC[C@]4(C)[C@H]3CC[C@]12C. The van der Waals surface area contributed by atoms with Crippen LogP contribution in [0.4, 0.5) is 4.79 Å². The van der Waals surface area contributed by atoms with E-state index in [2.05, 4.69) is 66.8 Å². The van der Waals surface area contributed by atoms with Gasteiger partial charge < -0.3 is 63.9 Å². The monoisotopic (exact) mass is 1040 g/mol. The number of rotatable bonds is 41. The van der Waals surface area contributed by atoms with Crippen LogP contribution in [0.1, 0.15) is 118 Å². The van der Waals surface area contributed by atoms with E-state index in [1.54, 1.807) is 0 Å². The third-order valence-corrected chi connectivity index (χ3v) is 15.8. The van der Waals surface area contributed by atoms with E-state index >= 15 is 0 Å². The van der Waals surface area contributed by atoms with Crippen molar-refractivity contribution in [2.75, 3.05) is 138 Å². The Morgan fingerprint density at radius 3 is 1.64 bits per heavy atom. The summed E-state index contributed by atoms with van der Waals surface area (Å²) in [5.74, 6) is 9.09. The van der Waals surface area contributed by atoms with Gasteiger partial charge in [0.2, 0.25) is 17.7 Å². The van der Waals surface area contributed by atoms with Gasteiger partial charge in [-0.3, -0.25) is 19.2 Å². The topological polar surface area (TPSA) is 235 Å². The van der Waals surface area contributed by atoms with E-state index in [0.717, 1.165) is 54.8 Å². The first-order valence-electron chi connectivity index (χ1n) is 27.7. The first kappa shape index (κ1) is 62.6. The molecule has 0 aromatic carbocycles. The maximum absolute atomic E-state index is 12.8. The number of ether oxygens (including phenoxy) is 9. The standard InChI is InChI=1S/C54H97N5O14/c1-41(2)7-6-8-42(3)46-11-12-47-45-10-9-43-39-44(13-17-53(43,4)48(45)14-18-54(46,47)5)73-52(63)59-20-19-56-49(60)15-23-64-27-31-68-35-37-70-33-29-66-25-21-57-50(61)16-24-65-28-32-69-36-38-71-34-30-67-26-22-58-51(62)40-72-55/h9,41-42,44-48H,6-8,10-40,55H2,1-5H3,(H,56,60)(H,57,61)(H,58,62)(H,59,63)/t42-,44+,45+,46-,47+,48+,53+,54-/m1/s1. The Balaban J connectivity index is 0.870. The molecule has 19 nitrogen and oxygen atoms in total. The van der Waals surface area contributed by atoms with E-state index in [0.29, 0.717) is 131 Å². The van der Waals surface area contributed by atoms with E-state index < -0.39 is 6.09 Å². The normalized spacial score (nSPS) is 24.8. The van der Waals surface area contributed by atoms with Crippen molar-refractivity contribution in [2.24, 2.45) is 52.2 Å². The molecule has 4 aliphatic rings. The molecule has 422 valence electrons. The zero-order chi connectivity index (χ0) is 52.6. The summed E-state index contributed by atoms with van der Waals surface area (Å²) in [7, 11) is 0. The summed E-state index contributed by atoms with van der Waals surface area (Å²) in [5, 5.41) is 11.0. The van der Waals surface area contributed by atoms with Gasteiger partial charge in [0.1, 0.15) is 12.7 Å². The molecule has 6 N–H and O–H groups in total. The van der Waals surface area contributed by atoms with Gasteiger partial charge in [-0.05, 0) is 91.3 Å². The number of carbonyl (C=O) groups excluding carboxylic acids is 4. The van der Waals surface area contributed by atoms with Crippen LogP contribution >= 0.6 is 0 Å². The van der Waals surface area contributed by atoms with Crippen molar-refractivity contribution in [3.63, 3.8) is 0 Å². The highest BCUT2D eigenvalue weighted by Crippen LogP contribution is 2.67. The van der Waals surface area contributed by atoms with Gasteiger partial charge in [-0.1, -0.05) is 65.5 Å². The number of carbonyl (C=O) groups is 4. The minimum Gasteiger partial charge on any atom is -0.446 e. The lowest BCUT2D eigenvalue weighted by Crippen LogP contribution is -2.51. The van der Waals surface area contributed by atoms with Crippen molar-refractivity contribution in [2.45, 2.75) is 124 Å². The van der Waals surface area contributed by atoms with Crippen molar-refractivity contribution in [3.05, 3.63) is 11.6 Å². The lowest BCUT2D eigenvalue weighted by molar-refractivity contribution is -0.126. The molecule has 0 saturated heterocycles. The number of amides is 4. The number of hydrogen-bond acceptors (Lipinski definition) is 15. The molecule has 19 heteroatoms. The van der Waals surface area contributed by atoms with Crippen LogP contribution in [0.15, 0.2) is 11.6 Å². The second kappa shape index (κ2) is 36.1. The van der Waals surface area contributed by atoms with Crippen LogP contribution in [-0.2, 0) is 61.9 Å². The number of hydrogen-bond donors (Lipinski definition) is 5. The maximum Gasteiger partial charge on any atom is 0.407 e. The second-order valence-corrected chi connectivity index (χ2v) is 21.2. The quantitative estimate of drug-likeness (QED) is 0.0298. The lowest BCUT2D eigenvalue weighted by atomic mass is 9.47. The first-order chi connectivity index (χ1) is 35.4. The lowest BCUT2D eigenvalue weighted by Gasteiger charge is -2.58. The maximum atomic E-state index is 12.8. The summed E-state index contributed by atoms with van der Waals surface area (Å²) in [4.78, 5) is 52.4. The zero-order valence-electron chi connectivity index (χ0n) is 45.5. The Morgan fingerprint density at radius 1 is 0.589 bits per heavy atom. The molecule has 73 heavy (non-hydrogen) atoms. The summed E-state index contributed by atoms with van der Waals surface area (Å²) >= 11 is 0. The highest BCUT2D eigenvalue weighted by atomic mass is 16.6. The van der Waals surface area contributed by atoms with Crippen molar-refractivity contribution in [1.29, 1.82) is 0 Å². The molecule has 0 aliphatic heterocycles. The summed E-state index contributed by atoms with van der Waals surface area (Å²) in [6.45, 7) is 19.7. The second-order valence-electron chi connectivity index (χ2n) is 21.2. The molecule has 4 amide bonds. The Labute approximate surface area is 437 Å². The van der Waals surface area contributed by atoms with E-state index in [-0.39, 0.29) is 55.3 Å². The highest BCUT2D eigenvalue weighted by molar-refractivity contribution is 5.77. The smallest absolute Gasteiger partial charge is 0.407 e. The predicted octanol–water partition coefficient (Wildman–Crippen LogP) is 5.27. The van der Waals surface area contributed by atoms with E-state index in [4.69, 9.17) is 48.5 Å². The molecule has 3 saturated carbocycles. The van der Waals surface area contributed by atoms with Crippen LogP contribution in [0.2, 0.25) is 0 Å². The Hall–Kier alpha value is -2.98. The summed E-state index contributed by atoms with van der Waals surface area (Å²) in [6.07, 6.45) is 16.1. The van der Waals surface area contributed by atoms with Crippen molar-refractivity contribution in [3.8, 4) is 0 Å². The number of fused-ring (bicyclic) bond motifs is 5. The van der Waals surface area contributed by atoms with Crippen LogP contribution in [0.5, 0.6) is 0 Å². The van der Waals surface area contributed by atoms with Gasteiger partial charge in [-0.2, -0.15) is 0 Å². The van der Waals surface area contributed by atoms with Crippen LogP contribution < -0.4 is 27.2 Å². The van der Waals surface area contributed by atoms with Gasteiger partial charge in [0, 0.05) is 45.4 Å². The Bertz CT molecular complexity index is 1590. The van der Waals surface area contributed by atoms with Gasteiger partial charge >= 0.3 is 6.09 Å². The number of allylic oxidation sites excluding steroid dienone is 1. The number of alkyl carbamates (subject to hydrolysis) is 1. The fourth-order valence-corrected chi connectivity index (χ4v) is 12.0. The molecule has 0 spiro atoms. The fourth-order valence-electron chi connectivity index (χ4n) is 12.0. The van der Waals surface area contributed by atoms with Gasteiger partial charge in [0.15, 0.2) is 0 Å². The summed E-state index contributed by atoms with van der Waals surface area (Å²) in [6, 6.07) is 0. The number of nitrogens with one attached hydrogen (secondary N) is 4. The molecule has 0 aromatic rings. The van der Waals surface area contributed by atoms with Crippen LogP contribution in [0.25, 0.3) is 0 Å². The van der Waals surface area contributed by atoms with Gasteiger partial charge in [0.05, 0.1) is 106 Å². The molecule has 0 bridgehead atoms. The largest absolute Gasteiger partial charge is 0.446 e. The Kier molecular flexibility index (Phi) is 31.0. The van der Waals surface area contributed by atoms with E-state index in [1.165, 1.54) is 56.9 Å². The summed E-state index contributed by atoms with van der Waals surface area (Å²) < 4.78 is 49.6. The molecule has 4 aliphatic carbocycles. The van der Waals surface area contributed by atoms with E-state index in [1.807, 2.05) is 0 Å². The molecule has 8 atom stereocenters. The molecule has 0 heterocycles. The Morgan fingerprint density at radius 2 is 1.10 bits per heavy atom. The van der Waals surface area contributed by atoms with Gasteiger partial charge in [-0.25, -0.2) is 10.7 Å². The third-order valence-electron chi connectivity index (χ3n) is 15.8. The molecule has 0 aromatic heterocycles. The van der Waals surface area contributed by atoms with Gasteiger partial charge in [-0.15, -0.1) is 0 Å². The molecule has 0 radical (unpaired) electrons. The van der Waals surface area contributed by atoms with Gasteiger partial charge in [0.25, 0.3) is 0 Å². The van der Waals surface area contributed by atoms with Crippen LogP contribution in [0, 0.1) is 46.3 Å². The average Bonchev–Trinajstić information content (AvgIpc) is 3.72. The molecular weight excluding hydrogens is 943 g/mol. The van der Waals surface area contributed by atoms with Crippen molar-refractivity contribution in [1.82, 2.24) is 21.3 Å². The minimum absolute atomic E-state index is 0.107. The minimum atomic E-state index is -0.415. The zero-order valence-corrected chi connectivity index (χ0v) is 45.5. The predicted molar refractivity (Wildman–Crippen MR) is 276 cm³/mol.